The van der Waals surface area contributed by atoms with Crippen LogP contribution in [0.1, 0.15) is 50.4 Å². The second-order valence-corrected chi connectivity index (χ2v) is 6.91. The molecule has 2 heterocycles. The summed E-state index contributed by atoms with van der Waals surface area (Å²) in [7, 11) is 0. The Hall–Kier alpha value is -2.28. The zero-order chi connectivity index (χ0) is 17.9. The third kappa shape index (κ3) is 3.71. The smallest absolute Gasteiger partial charge is 0.333 e. The Morgan fingerprint density at radius 3 is 2.68 bits per heavy atom. The number of aromatic nitrogens is 4. The van der Waals surface area contributed by atoms with Gasteiger partial charge in [-0.3, -0.25) is 0 Å². The van der Waals surface area contributed by atoms with Gasteiger partial charge in [-0.05, 0) is 42.9 Å². The minimum absolute atomic E-state index is 0.0453. The van der Waals surface area contributed by atoms with Crippen LogP contribution < -0.4 is 0 Å². The van der Waals surface area contributed by atoms with Gasteiger partial charge in [0.1, 0.15) is 0 Å². The van der Waals surface area contributed by atoms with E-state index < -0.39 is 11.5 Å². The second-order valence-electron chi connectivity index (χ2n) is 6.91. The van der Waals surface area contributed by atoms with E-state index in [0.717, 1.165) is 18.4 Å². The lowest BCUT2D eigenvalue weighted by atomic mass is 9.85. The first-order chi connectivity index (χ1) is 12.0. The monoisotopic (exact) mass is 344 g/mol. The van der Waals surface area contributed by atoms with Gasteiger partial charge >= 0.3 is 5.97 Å². The summed E-state index contributed by atoms with van der Waals surface area (Å²) < 4.78 is 5.37. The maximum atomic E-state index is 12.0. The molecule has 7 nitrogen and oxygen atoms in total. The molecule has 25 heavy (non-hydrogen) atoms. The Morgan fingerprint density at radius 2 is 2.04 bits per heavy atom. The van der Waals surface area contributed by atoms with Crippen LogP contribution >= 0.6 is 0 Å². The lowest BCUT2D eigenvalue weighted by molar-refractivity contribution is -0.149. The largest absolute Gasteiger partial charge is 0.479 e. The van der Waals surface area contributed by atoms with Crippen molar-refractivity contribution in [3.8, 4) is 0 Å². The third-order valence-corrected chi connectivity index (χ3v) is 5.05. The fraction of sp³-hybridized carbons (Fsp3) is 0.556. The number of nitrogens with zero attached hydrogens (tertiary/aromatic N) is 4. The molecule has 1 aliphatic rings. The van der Waals surface area contributed by atoms with Gasteiger partial charge in [0.2, 0.25) is 0 Å². The number of ether oxygens (including phenoxy) is 1. The summed E-state index contributed by atoms with van der Waals surface area (Å²) >= 11 is 0. The van der Waals surface area contributed by atoms with Crippen LogP contribution in [-0.2, 0) is 15.1 Å². The molecule has 2 atom stereocenters. The SMILES string of the molecule is CC(c1ccccc1)c1nnn(C(C)(CC2CCOCC2)C(=O)O)n1. The third-order valence-electron chi connectivity index (χ3n) is 5.05. The summed E-state index contributed by atoms with van der Waals surface area (Å²) in [5.41, 5.74) is -0.132. The van der Waals surface area contributed by atoms with Gasteiger partial charge in [0, 0.05) is 19.1 Å². The number of hydrogen-bond acceptors (Lipinski definition) is 5. The van der Waals surface area contributed by atoms with Crippen molar-refractivity contribution < 1.29 is 14.6 Å². The van der Waals surface area contributed by atoms with E-state index >= 15 is 0 Å². The first-order valence-electron chi connectivity index (χ1n) is 8.67. The molecular formula is C18H24N4O3. The number of carboxylic acid groups (broad SMARTS) is 1. The van der Waals surface area contributed by atoms with Gasteiger partial charge in [0.25, 0.3) is 0 Å². The summed E-state index contributed by atoms with van der Waals surface area (Å²) in [6, 6.07) is 9.88. The highest BCUT2D eigenvalue weighted by Crippen LogP contribution is 2.30. The number of aliphatic carboxylic acids is 1. The summed E-state index contributed by atoms with van der Waals surface area (Å²) in [4.78, 5) is 13.3. The second kappa shape index (κ2) is 7.31. The highest BCUT2D eigenvalue weighted by molar-refractivity contribution is 5.75. The Labute approximate surface area is 147 Å². The number of tetrazole rings is 1. The van der Waals surface area contributed by atoms with Crippen LogP contribution in [0.3, 0.4) is 0 Å². The first-order valence-corrected chi connectivity index (χ1v) is 8.67. The normalized spacial score (nSPS) is 19.3. The average Bonchev–Trinajstić information content (AvgIpc) is 3.13. The molecule has 134 valence electrons. The van der Waals surface area contributed by atoms with E-state index in [0.29, 0.717) is 25.5 Å². The minimum Gasteiger partial charge on any atom is -0.479 e. The predicted octanol–water partition coefficient (Wildman–Crippen LogP) is 2.44. The maximum absolute atomic E-state index is 12.0. The highest BCUT2D eigenvalue weighted by atomic mass is 16.5. The van der Waals surface area contributed by atoms with Gasteiger partial charge < -0.3 is 9.84 Å². The molecule has 2 aromatic rings. The van der Waals surface area contributed by atoms with Gasteiger partial charge in [-0.2, -0.15) is 0 Å². The standard InChI is InChI=1S/C18H24N4O3/c1-13(15-6-4-3-5-7-15)16-19-21-22(20-16)18(2,17(23)24)12-14-8-10-25-11-9-14/h3-7,13-14H,8-12H2,1-2H3,(H,23,24). The zero-order valence-corrected chi connectivity index (χ0v) is 14.6. The number of hydrogen-bond donors (Lipinski definition) is 1. The molecule has 1 aromatic heterocycles. The highest BCUT2D eigenvalue weighted by Gasteiger charge is 2.41. The number of carboxylic acids is 1. The molecule has 3 rings (SSSR count). The van der Waals surface area contributed by atoms with Crippen molar-refractivity contribution in [2.24, 2.45) is 5.92 Å². The zero-order valence-electron chi connectivity index (χ0n) is 14.6. The van der Waals surface area contributed by atoms with E-state index in [9.17, 15) is 9.90 Å². The van der Waals surface area contributed by atoms with Crippen LogP contribution in [0.25, 0.3) is 0 Å². The van der Waals surface area contributed by atoms with Crippen LogP contribution in [0.2, 0.25) is 0 Å². The Morgan fingerprint density at radius 1 is 1.36 bits per heavy atom. The molecule has 0 saturated carbocycles. The van der Waals surface area contributed by atoms with E-state index in [1.807, 2.05) is 37.3 Å². The van der Waals surface area contributed by atoms with Crippen LogP contribution in [0.15, 0.2) is 30.3 Å². The Bertz CT molecular complexity index is 712. The van der Waals surface area contributed by atoms with Gasteiger partial charge in [-0.25, -0.2) is 4.79 Å². The molecule has 1 saturated heterocycles. The van der Waals surface area contributed by atoms with Gasteiger partial charge in [-0.1, -0.05) is 37.3 Å². The number of carbonyl (C=O) groups is 1. The van der Waals surface area contributed by atoms with E-state index in [-0.39, 0.29) is 11.8 Å². The van der Waals surface area contributed by atoms with Crippen LogP contribution in [0.4, 0.5) is 0 Å². The van der Waals surface area contributed by atoms with E-state index in [4.69, 9.17) is 4.74 Å². The van der Waals surface area contributed by atoms with Crippen molar-refractivity contribution in [2.75, 3.05) is 13.2 Å². The molecule has 1 N–H and O–H groups in total. The predicted molar refractivity (Wildman–Crippen MR) is 91.2 cm³/mol. The topological polar surface area (TPSA) is 90.1 Å². The van der Waals surface area contributed by atoms with Crippen molar-refractivity contribution >= 4 is 5.97 Å². The Balaban J connectivity index is 1.83. The molecule has 0 amide bonds. The van der Waals surface area contributed by atoms with Crippen LogP contribution in [-0.4, -0.2) is 44.5 Å². The summed E-state index contributed by atoms with van der Waals surface area (Å²) in [6.45, 7) is 5.03. The maximum Gasteiger partial charge on any atom is 0.333 e. The number of rotatable bonds is 6. The van der Waals surface area contributed by atoms with Gasteiger partial charge in [0.05, 0.1) is 0 Å². The van der Waals surface area contributed by atoms with Crippen molar-refractivity contribution in [3.05, 3.63) is 41.7 Å². The lowest BCUT2D eigenvalue weighted by Gasteiger charge is -2.30. The molecule has 1 aliphatic heterocycles. The van der Waals surface area contributed by atoms with Crippen LogP contribution in [0, 0.1) is 5.92 Å². The van der Waals surface area contributed by atoms with Crippen LogP contribution in [0.5, 0.6) is 0 Å². The molecule has 0 aliphatic carbocycles. The molecule has 0 radical (unpaired) electrons. The van der Waals surface area contributed by atoms with Crippen molar-refractivity contribution in [1.82, 2.24) is 20.2 Å². The summed E-state index contributed by atoms with van der Waals surface area (Å²) in [5, 5.41) is 22.5. The average molecular weight is 344 g/mol. The molecule has 7 heteroatoms. The first kappa shape index (κ1) is 17.5. The molecular weight excluding hydrogens is 320 g/mol. The van der Waals surface area contributed by atoms with Gasteiger partial charge in [0.15, 0.2) is 11.4 Å². The number of benzene rings is 1. The molecule has 1 aromatic carbocycles. The molecule has 0 spiro atoms. The van der Waals surface area contributed by atoms with Crippen molar-refractivity contribution in [1.29, 1.82) is 0 Å². The summed E-state index contributed by atoms with van der Waals surface area (Å²) in [6.07, 6.45) is 2.21. The van der Waals surface area contributed by atoms with E-state index in [2.05, 4.69) is 15.4 Å². The summed E-state index contributed by atoms with van der Waals surface area (Å²) in [5.74, 6) is -0.159. The minimum atomic E-state index is -1.20. The van der Waals surface area contributed by atoms with Gasteiger partial charge in [-0.15, -0.1) is 15.0 Å². The molecule has 1 fully saturated rings. The molecule has 2 unspecified atom stereocenters. The fourth-order valence-corrected chi connectivity index (χ4v) is 3.27. The Kier molecular flexibility index (Phi) is 5.13. The lowest BCUT2D eigenvalue weighted by Crippen LogP contribution is -2.43. The van der Waals surface area contributed by atoms with Crippen molar-refractivity contribution in [3.63, 3.8) is 0 Å². The molecule has 0 bridgehead atoms. The van der Waals surface area contributed by atoms with E-state index in [1.165, 1.54) is 4.80 Å². The van der Waals surface area contributed by atoms with Crippen molar-refractivity contribution in [2.45, 2.75) is 44.6 Å². The fourth-order valence-electron chi connectivity index (χ4n) is 3.27. The van der Waals surface area contributed by atoms with E-state index in [1.54, 1.807) is 6.92 Å². The quantitative estimate of drug-likeness (QED) is 0.865.